The number of methoxy groups -OCH3 is 1. The SMILES string of the molecule is COc1cnc2[nH]cc(C(O)c3c(F)ccc(N)c3F)c2c1. The molecule has 1 aromatic carbocycles. The molecule has 4 N–H and O–H groups in total. The first-order chi connectivity index (χ1) is 10.5. The lowest BCUT2D eigenvalue weighted by atomic mass is 10.00. The topological polar surface area (TPSA) is 84.2 Å². The summed E-state index contributed by atoms with van der Waals surface area (Å²) in [4.78, 5) is 6.95. The molecule has 1 atom stereocenters. The molecular formula is C15H13F2N3O2. The molecule has 0 radical (unpaired) electrons. The number of anilines is 1. The van der Waals surface area contributed by atoms with E-state index in [2.05, 4.69) is 9.97 Å². The Morgan fingerprint density at radius 3 is 2.86 bits per heavy atom. The van der Waals surface area contributed by atoms with E-state index in [4.69, 9.17) is 10.5 Å². The molecule has 5 nitrogen and oxygen atoms in total. The average Bonchev–Trinajstić information content (AvgIpc) is 2.94. The molecule has 0 bridgehead atoms. The fraction of sp³-hybridized carbons (Fsp3) is 0.133. The number of fused-ring (bicyclic) bond motifs is 1. The molecule has 3 aromatic rings. The molecule has 114 valence electrons. The number of hydrogen-bond donors (Lipinski definition) is 3. The molecule has 0 fully saturated rings. The van der Waals surface area contributed by atoms with Crippen molar-refractivity contribution in [2.24, 2.45) is 0 Å². The first-order valence-electron chi connectivity index (χ1n) is 6.45. The number of nitrogens with zero attached hydrogens (tertiary/aromatic N) is 1. The molecule has 1 unspecified atom stereocenters. The Kier molecular flexibility index (Phi) is 3.42. The molecule has 0 aliphatic carbocycles. The van der Waals surface area contributed by atoms with Crippen LogP contribution in [-0.2, 0) is 0 Å². The van der Waals surface area contributed by atoms with Gasteiger partial charge in [0.2, 0.25) is 0 Å². The predicted molar refractivity (Wildman–Crippen MR) is 77.5 cm³/mol. The highest BCUT2D eigenvalue weighted by atomic mass is 19.1. The Labute approximate surface area is 124 Å². The summed E-state index contributed by atoms with van der Waals surface area (Å²) in [5, 5.41) is 10.9. The Morgan fingerprint density at radius 1 is 1.36 bits per heavy atom. The zero-order valence-electron chi connectivity index (χ0n) is 11.6. The van der Waals surface area contributed by atoms with E-state index in [1.807, 2.05) is 0 Å². The number of nitrogens with one attached hydrogen (secondary N) is 1. The van der Waals surface area contributed by atoms with Crippen molar-refractivity contribution in [2.75, 3.05) is 12.8 Å². The molecule has 3 rings (SSSR count). The van der Waals surface area contributed by atoms with Crippen LogP contribution in [0.15, 0.2) is 30.6 Å². The van der Waals surface area contributed by atoms with E-state index in [1.54, 1.807) is 6.07 Å². The van der Waals surface area contributed by atoms with Crippen LogP contribution in [0.4, 0.5) is 14.5 Å². The maximum atomic E-state index is 14.1. The van der Waals surface area contributed by atoms with Gasteiger partial charge in [-0.05, 0) is 18.2 Å². The number of aromatic amines is 1. The average molecular weight is 305 g/mol. The Morgan fingerprint density at radius 2 is 2.14 bits per heavy atom. The van der Waals surface area contributed by atoms with Gasteiger partial charge in [-0.1, -0.05) is 0 Å². The smallest absolute Gasteiger partial charge is 0.155 e. The minimum Gasteiger partial charge on any atom is -0.495 e. The number of H-pyrrole nitrogens is 1. The van der Waals surface area contributed by atoms with Crippen molar-refractivity contribution in [3.8, 4) is 5.75 Å². The summed E-state index contributed by atoms with van der Waals surface area (Å²) in [5.74, 6) is -1.38. The summed E-state index contributed by atoms with van der Waals surface area (Å²) in [6, 6.07) is 3.75. The standard InChI is InChI=1S/C15H13F2N3O2/c1-22-7-4-8-9(6-20-15(8)19-5-7)14(21)12-10(16)2-3-11(18)13(12)17/h2-6,14,21H,18H2,1H3,(H,19,20). The lowest BCUT2D eigenvalue weighted by Gasteiger charge is -2.13. The van der Waals surface area contributed by atoms with Crippen molar-refractivity contribution in [3.63, 3.8) is 0 Å². The van der Waals surface area contributed by atoms with E-state index in [1.165, 1.54) is 19.5 Å². The highest BCUT2D eigenvalue weighted by Crippen LogP contribution is 2.33. The zero-order chi connectivity index (χ0) is 15.9. The van der Waals surface area contributed by atoms with Crippen LogP contribution in [0.25, 0.3) is 11.0 Å². The second kappa shape index (κ2) is 5.27. The number of pyridine rings is 1. The van der Waals surface area contributed by atoms with Gasteiger partial charge in [-0.3, -0.25) is 0 Å². The van der Waals surface area contributed by atoms with Gasteiger partial charge >= 0.3 is 0 Å². The minimum absolute atomic E-state index is 0.231. The molecule has 2 aromatic heterocycles. The Bertz CT molecular complexity index is 848. The fourth-order valence-electron chi connectivity index (χ4n) is 2.33. The number of benzene rings is 1. The predicted octanol–water partition coefficient (Wildman–Crippen LogP) is 2.51. The normalized spacial score (nSPS) is 12.5. The number of aliphatic hydroxyl groups is 1. The quantitative estimate of drug-likeness (QED) is 0.649. The molecule has 7 heteroatoms. The van der Waals surface area contributed by atoms with Crippen LogP contribution in [0.2, 0.25) is 0 Å². The van der Waals surface area contributed by atoms with E-state index in [9.17, 15) is 13.9 Å². The first kappa shape index (κ1) is 14.3. The summed E-state index contributed by atoms with van der Waals surface area (Å²) in [5.41, 5.74) is 5.47. The highest BCUT2D eigenvalue weighted by molar-refractivity contribution is 5.82. The number of hydrogen-bond acceptors (Lipinski definition) is 4. The molecule has 0 saturated carbocycles. The summed E-state index contributed by atoms with van der Waals surface area (Å²) >= 11 is 0. The molecule has 0 aliphatic rings. The first-order valence-corrected chi connectivity index (χ1v) is 6.45. The molecule has 0 spiro atoms. The number of aromatic nitrogens is 2. The van der Waals surface area contributed by atoms with Gasteiger partial charge in [0.15, 0.2) is 5.82 Å². The van der Waals surface area contributed by atoms with Gasteiger partial charge in [0.05, 0.1) is 24.6 Å². The zero-order valence-corrected chi connectivity index (χ0v) is 11.6. The largest absolute Gasteiger partial charge is 0.495 e. The highest BCUT2D eigenvalue weighted by Gasteiger charge is 2.24. The van der Waals surface area contributed by atoms with Gasteiger partial charge < -0.3 is 20.6 Å². The van der Waals surface area contributed by atoms with Crippen molar-refractivity contribution in [2.45, 2.75) is 6.10 Å². The third kappa shape index (κ3) is 2.15. The number of rotatable bonds is 3. The number of nitrogens with two attached hydrogens (primary N) is 1. The van der Waals surface area contributed by atoms with E-state index in [0.29, 0.717) is 16.8 Å². The van der Waals surface area contributed by atoms with Crippen LogP contribution in [-0.4, -0.2) is 22.2 Å². The summed E-state index contributed by atoms with van der Waals surface area (Å²) in [6.45, 7) is 0. The number of nitrogen functional groups attached to an aromatic ring is 1. The van der Waals surface area contributed by atoms with Crippen molar-refractivity contribution >= 4 is 16.7 Å². The third-order valence-corrected chi connectivity index (χ3v) is 3.50. The van der Waals surface area contributed by atoms with Crippen molar-refractivity contribution in [3.05, 3.63) is 53.4 Å². The van der Waals surface area contributed by atoms with Crippen LogP contribution < -0.4 is 10.5 Å². The van der Waals surface area contributed by atoms with E-state index in [0.717, 1.165) is 12.1 Å². The minimum atomic E-state index is -1.52. The lowest BCUT2D eigenvalue weighted by molar-refractivity contribution is 0.211. The van der Waals surface area contributed by atoms with E-state index >= 15 is 0 Å². The second-order valence-electron chi connectivity index (χ2n) is 4.78. The maximum Gasteiger partial charge on any atom is 0.155 e. The number of aliphatic hydroxyl groups excluding tert-OH is 1. The number of ether oxygens (including phenoxy) is 1. The monoisotopic (exact) mass is 305 g/mol. The van der Waals surface area contributed by atoms with Crippen LogP contribution >= 0.6 is 0 Å². The Hall–Kier alpha value is -2.67. The summed E-state index contributed by atoms with van der Waals surface area (Å²) in [7, 11) is 1.48. The van der Waals surface area contributed by atoms with Crippen LogP contribution in [0.1, 0.15) is 17.2 Å². The molecule has 0 aliphatic heterocycles. The molecule has 2 heterocycles. The maximum absolute atomic E-state index is 14.1. The van der Waals surface area contributed by atoms with Gasteiger partial charge in [-0.2, -0.15) is 0 Å². The molecule has 22 heavy (non-hydrogen) atoms. The van der Waals surface area contributed by atoms with Crippen LogP contribution in [0, 0.1) is 11.6 Å². The fourth-order valence-corrected chi connectivity index (χ4v) is 2.33. The number of halogens is 2. The van der Waals surface area contributed by atoms with Crippen LogP contribution in [0.5, 0.6) is 5.75 Å². The van der Waals surface area contributed by atoms with Gasteiger partial charge in [-0.15, -0.1) is 0 Å². The van der Waals surface area contributed by atoms with Gasteiger partial charge in [0, 0.05) is 17.1 Å². The van der Waals surface area contributed by atoms with Gasteiger partial charge in [0.1, 0.15) is 23.3 Å². The van der Waals surface area contributed by atoms with Crippen molar-refractivity contribution < 1.29 is 18.6 Å². The van der Waals surface area contributed by atoms with Crippen molar-refractivity contribution in [1.29, 1.82) is 0 Å². The lowest BCUT2D eigenvalue weighted by Crippen LogP contribution is -2.07. The second-order valence-corrected chi connectivity index (χ2v) is 4.78. The molecule has 0 saturated heterocycles. The van der Waals surface area contributed by atoms with Gasteiger partial charge in [0.25, 0.3) is 0 Å². The third-order valence-electron chi connectivity index (χ3n) is 3.50. The Balaban J connectivity index is 2.17. The van der Waals surface area contributed by atoms with Crippen molar-refractivity contribution in [1.82, 2.24) is 9.97 Å². The summed E-state index contributed by atoms with van der Waals surface area (Å²) < 4.78 is 33.1. The van der Waals surface area contributed by atoms with E-state index in [-0.39, 0.29) is 11.3 Å². The molecule has 0 amide bonds. The van der Waals surface area contributed by atoms with E-state index < -0.39 is 23.3 Å². The van der Waals surface area contributed by atoms with Crippen LogP contribution in [0.3, 0.4) is 0 Å². The van der Waals surface area contributed by atoms with Gasteiger partial charge in [-0.25, -0.2) is 13.8 Å². The molecular weight excluding hydrogens is 292 g/mol. The summed E-state index contributed by atoms with van der Waals surface area (Å²) in [6.07, 6.45) is 1.42.